The lowest BCUT2D eigenvalue weighted by atomic mass is 10.2. The van der Waals surface area contributed by atoms with E-state index >= 15 is 0 Å². The smallest absolute Gasteiger partial charge is 0.255 e. The van der Waals surface area contributed by atoms with Crippen molar-refractivity contribution in [3.8, 4) is 5.75 Å². The number of amides is 1. The Bertz CT molecular complexity index is 622. The Morgan fingerprint density at radius 3 is 2.55 bits per heavy atom. The molecule has 6 nitrogen and oxygen atoms in total. The summed E-state index contributed by atoms with van der Waals surface area (Å²) in [6, 6.07) is 2.20. The SMILES string of the molecule is COc1c(Br)cc(C(=O)NCC(F)F)cc1S(N)(=O)=O. The number of sulfonamides is 1. The van der Waals surface area contributed by atoms with E-state index in [9.17, 15) is 22.0 Å². The van der Waals surface area contributed by atoms with Gasteiger partial charge in [0.2, 0.25) is 10.0 Å². The molecule has 0 spiro atoms. The van der Waals surface area contributed by atoms with Gasteiger partial charge in [-0.15, -0.1) is 0 Å². The molecule has 0 heterocycles. The van der Waals surface area contributed by atoms with E-state index in [-0.39, 0.29) is 15.8 Å². The highest BCUT2D eigenvalue weighted by Gasteiger charge is 2.21. The van der Waals surface area contributed by atoms with Crippen LogP contribution < -0.4 is 15.2 Å². The first-order chi connectivity index (χ1) is 9.16. The molecule has 10 heteroatoms. The number of benzene rings is 1. The average molecular weight is 373 g/mol. The molecule has 20 heavy (non-hydrogen) atoms. The lowest BCUT2D eigenvalue weighted by Gasteiger charge is -2.11. The monoisotopic (exact) mass is 372 g/mol. The molecule has 0 saturated heterocycles. The molecule has 0 aliphatic rings. The first kappa shape index (κ1) is 16.8. The third-order valence-electron chi connectivity index (χ3n) is 2.20. The van der Waals surface area contributed by atoms with E-state index in [1.165, 1.54) is 13.2 Å². The lowest BCUT2D eigenvalue weighted by Crippen LogP contribution is -2.28. The van der Waals surface area contributed by atoms with Crippen molar-refractivity contribution in [1.29, 1.82) is 0 Å². The number of nitrogens with two attached hydrogens (primary N) is 1. The number of carbonyl (C=O) groups excluding carboxylic acids is 1. The second-order valence-corrected chi connectivity index (χ2v) is 6.02. The Morgan fingerprint density at radius 1 is 1.50 bits per heavy atom. The molecule has 112 valence electrons. The molecule has 1 aromatic carbocycles. The van der Waals surface area contributed by atoms with Crippen LogP contribution in [0.4, 0.5) is 8.78 Å². The molecule has 3 N–H and O–H groups in total. The van der Waals surface area contributed by atoms with Crippen LogP contribution in [0, 0.1) is 0 Å². The summed E-state index contributed by atoms with van der Waals surface area (Å²) >= 11 is 3.03. The Labute approximate surface area is 122 Å². The van der Waals surface area contributed by atoms with Crippen LogP contribution in [0.2, 0.25) is 0 Å². The largest absolute Gasteiger partial charge is 0.494 e. The van der Waals surface area contributed by atoms with E-state index in [1.807, 2.05) is 5.32 Å². The van der Waals surface area contributed by atoms with Crippen molar-refractivity contribution in [2.45, 2.75) is 11.3 Å². The van der Waals surface area contributed by atoms with E-state index in [0.717, 1.165) is 6.07 Å². The van der Waals surface area contributed by atoms with E-state index in [0.29, 0.717) is 0 Å². The predicted molar refractivity (Wildman–Crippen MR) is 70.4 cm³/mol. The molecule has 0 fully saturated rings. The molecule has 1 rings (SSSR count). The summed E-state index contributed by atoms with van der Waals surface area (Å²) < 4.78 is 51.9. The molecular formula is C10H11BrF2N2O4S. The number of nitrogens with one attached hydrogen (secondary N) is 1. The lowest BCUT2D eigenvalue weighted by molar-refractivity contribution is 0.0891. The molecule has 1 amide bonds. The van der Waals surface area contributed by atoms with Crippen molar-refractivity contribution < 1.29 is 26.7 Å². The highest BCUT2D eigenvalue weighted by atomic mass is 79.9. The summed E-state index contributed by atoms with van der Waals surface area (Å²) in [6.07, 6.45) is -2.71. The van der Waals surface area contributed by atoms with Crippen LogP contribution in [-0.2, 0) is 10.0 Å². The van der Waals surface area contributed by atoms with Gasteiger partial charge in [0.1, 0.15) is 4.90 Å². The van der Waals surface area contributed by atoms with Gasteiger partial charge in [0.25, 0.3) is 12.3 Å². The van der Waals surface area contributed by atoms with Crippen LogP contribution in [0.15, 0.2) is 21.5 Å². The normalized spacial score (nSPS) is 11.5. The van der Waals surface area contributed by atoms with Crippen LogP contribution in [0.3, 0.4) is 0 Å². The summed E-state index contributed by atoms with van der Waals surface area (Å²) in [7, 11) is -2.91. The van der Waals surface area contributed by atoms with Gasteiger partial charge in [-0.05, 0) is 28.1 Å². The fraction of sp³-hybridized carbons (Fsp3) is 0.300. The highest BCUT2D eigenvalue weighted by molar-refractivity contribution is 9.10. The Balaban J connectivity index is 3.25. The molecule has 0 radical (unpaired) electrons. The molecule has 1 aromatic rings. The van der Waals surface area contributed by atoms with Gasteiger partial charge in [0.05, 0.1) is 18.1 Å². The maximum absolute atomic E-state index is 12.0. The number of carbonyl (C=O) groups is 1. The maximum atomic E-state index is 12.0. The van der Waals surface area contributed by atoms with Gasteiger partial charge in [0, 0.05) is 5.56 Å². The molecule has 0 bridgehead atoms. The Morgan fingerprint density at radius 2 is 2.10 bits per heavy atom. The van der Waals surface area contributed by atoms with E-state index < -0.39 is 33.8 Å². The van der Waals surface area contributed by atoms with Gasteiger partial charge >= 0.3 is 0 Å². The minimum atomic E-state index is -4.14. The van der Waals surface area contributed by atoms with Crippen molar-refractivity contribution in [2.24, 2.45) is 5.14 Å². The third kappa shape index (κ3) is 4.12. The number of primary sulfonamides is 1. The first-order valence-electron chi connectivity index (χ1n) is 5.13. The quantitative estimate of drug-likeness (QED) is 0.808. The number of hydrogen-bond donors (Lipinski definition) is 2. The topological polar surface area (TPSA) is 98.5 Å². The Kier molecular flexibility index (Phi) is 5.42. The molecule has 0 aliphatic carbocycles. The summed E-state index contributed by atoms with van der Waals surface area (Å²) in [5, 5.41) is 6.97. The van der Waals surface area contributed by atoms with Crippen LogP contribution in [-0.4, -0.2) is 34.4 Å². The Hall–Kier alpha value is -1.26. The summed E-state index contributed by atoms with van der Waals surface area (Å²) in [6.45, 7) is -0.840. The van der Waals surface area contributed by atoms with Gasteiger partial charge in [-0.3, -0.25) is 4.79 Å². The molecule has 0 aromatic heterocycles. The van der Waals surface area contributed by atoms with Crippen molar-refractivity contribution in [3.05, 3.63) is 22.2 Å². The van der Waals surface area contributed by atoms with E-state index in [1.54, 1.807) is 0 Å². The second kappa shape index (κ2) is 6.46. The van der Waals surface area contributed by atoms with Crippen LogP contribution in [0.25, 0.3) is 0 Å². The number of hydrogen-bond acceptors (Lipinski definition) is 4. The summed E-state index contributed by atoms with van der Waals surface area (Å²) in [5.41, 5.74) is -0.137. The molecule has 0 aliphatic heterocycles. The van der Waals surface area contributed by atoms with Crippen molar-refractivity contribution in [1.82, 2.24) is 5.32 Å². The van der Waals surface area contributed by atoms with Crippen LogP contribution >= 0.6 is 15.9 Å². The van der Waals surface area contributed by atoms with Crippen molar-refractivity contribution >= 4 is 31.9 Å². The van der Waals surface area contributed by atoms with Gasteiger partial charge in [-0.1, -0.05) is 0 Å². The fourth-order valence-electron chi connectivity index (χ4n) is 1.38. The highest BCUT2D eigenvalue weighted by Crippen LogP contribution is 2.33. The predicted octanol–water partition coefficient (Wildman–Crippen LogP) is 1.10. The van der Waals surface area contributed by atoms with Gasteiger partial charge in [0.15, 0.2) is 5.75 Å². The molecular weight excluding hydrogens is 362 g/mol. The number of rotatable bonds is 5. The fourth-order valence-corrected chi connectivity index (χ4v) is 2.88. The first-order valence-corrected chi connectivity index (χ1v) is 7.47. The third-order valence-corrected chi connectivity index (χ3v) is 3.70. The van der Waals surface area contributed by atoms with E-state index in [4.69, 9.17) is 9.88 Å². The minimum absolute atomic E-state index is 0.0714. The molecule has 0 atom stereocenters. The van der Waals surface area contributed by atoms with Crippen LogP contribution in [0.1, 0.15) is 10.4 Å². The minimum Gasteiger partial charge on any atom is -0.494 e. The number of halogens is 3. The standard InChI is InChI=1S/C10H11BrF2N2O4S/c1-19-9-6(11)2-5(3-7(9)20(14,17)18)10(16)15-4-8(12)13/h2-3,8H,4H2,1H3,(H,15,16)(H2,14,17,18). The molecule has 0 saturated carbocycles. The van der Waals surface area contributed by atoms with Gasteiger partial charge in [-0.25, -0.2) is 22.3 Å². The number of alkyl halides is 2. The summed E-state index contributed by atoms with van der Waals surface area (Å²) in [4.78, 5) is 11.2. The van der Waals surface area contributed by atoms with Gasteiger partial charge < -0.3 is 10.1 Å². The zero-order chi connectivity index (χ0) is 15.5. The summed E-state index contributed by atoms with van der Waals surface area (Å²) in [5.74, 6) is -0.920. The maximum Gasteiger partial charge on any atom is 0.255 e. The van der Waals surface area contributed by atoms with Gasteiger partial charge in [-0.2, -0.15) is 0 Å². The molecule has 0 unspecified atom stereocenters. The van der Waals surface area contributed by atoms with Crippen molar-refractivity contribution in [3.63, 3.8) is 0 Å². The van der Waals surface area contributed by atoms with Crippen molar-refractivity contribution in [2.75, 3.05) is 13.7 Å². The number of methoxy groups -OCH3 is 1. The van der Waals surface area contributed by atoms with E-state index in [2.05, 4.69) is 15.9 Å². The second-order valence-electron chi connectivity index (χ2n) is 3.64. The zero-order valence-corrected chi connectivity index (χ0v) is 12.6. The van der Waals surface area contributed by atoms with Crippen LogP contribution in [0.5, 0.6) is 5.75 Å². The number of ether oxygens (including phenoxy) is 1. The zero-order valence-electron chi connectivity index (χ0n) is 10.2. The average Bonchev–Trinajstić information content (AvgIpc) is 2.33.